The molecule has 0 atom stereocenters. The zero-order chi connectivity index (χ0) is 8.69. The minimum atomic E-state index is -0.896. The molecule has 0 aliphatic carbocycles. The molecule has 0 fully saturated rings. The highest BCUT2D eigenvalue weighted by atomic mass is 16.4. The Bertz CT molecular complexity index is 201. The van der Waals surface area contributed by atoms with Crippen LogP contribution in [0.3, 0.4) is 0 Å². The van der Waals surface area contributed by atoms with Gasteiger partial charge in [-0.2, -0.15) is 0 Å². The van der Waals surface area contributed by atoms with Crippen molar-refractivity contribution in [1.82, 2.24) is 5.32 Å². The first-order valence-corrected chi connectivity index (χ1v) is 3.22. The van der Waals surface area contributed by atoms with Crippen LogP contribution in [0, 0.1) is 12.3 Å². The molecular formula is C8H11NO2. The average Bonchev–Trinajstić information content (AvgIpc) is 1.97. The molecule has 60 valence electrons. The average molecular weight is 153 g/mol. The molecule has 0 saturated heterocycles. The lowest BCUT2D eigenvalue weighted by molar-refractivity contribution is -0.132. The van der Waals surface area contributed by atoms with Crippen LogP contribution >= 0.6 is 0 Å². The molecule has 0 radical (unpaired) electrons. The van der Waals surface area contributed by atoms with Gasteiger partial charge in [0, 0.05) is 12.1 Å². The third-order valence-corrected chi connectivity index (χ3v) is 1.12. The number of carboxylic acid groups (broad SMARTS) is 1. The third kappa shape index (κ3) is 5.19. The van der Waals surface area contributed by atoms with Crippen molar-refractivity contribution >= 4 is 5.97 Å². The standard InChI is InChI=1S/C8H11NO2/c1-3-5-9-6-4-7(2)8(10)11/h1,4,9H,5-6H2,2H3,(H,10,11)/b7-4+. The fraction of sp³-hybridized carbons (Fsp3) is 0.375. The second-order valence-electron chi connectivity index (χ2n) is 2.03. The first-order chi connectivity index (χ1) is 5.18. The van der Waals surface area contributed by atoms with Gasteiger partial charge in [0.2, 0.25) is 0 Å². The number of carboxylic acids is 1. The van der Waals surface area contributed by atoms with Crippen molar-refractivity contribution in [2.45, 2.75) is 6.92 Å². The SMILES string of the molecule is C#CCNC/C=C(\C)C(=O)O. The summed E-state index contributed by atoms with van der Waals surface area (Å²) >= 11 is 0. The van der Waals surface area contributed by atoms with Crippen LogP contribution in [0.5, 0.6) is 0 Å². The molecule has 3 heteroatoms. The van der Waals surface area contributed by atoms with Gasteiger partial charge in [0.1, 0.15) is 0 Å². The Labute approximate surface area is 66.1 Å². The maximum absolute atomic E-state index is 10.2. The van der Waals surface area contributed by atoms with E-state index in [0.29, 0.717) is 18.7 Å². The fourth-order valence-corrected chi connectivity index (χ4v) is 0.457. The van der Waals surface area contributed by atoms with E-state index < -0.39 is 5.97 Å². The Kier molecular flexibility index (Phi) is 4.87. The molecule has 3 nitrogen and oxygen atoms in total. The van der Waals surface area contributed by atoms with E-state index in [1.165, 1.54) is 0 Å². The number of hydrogen-bond donors (Lipinski definition) is 2. The van der Waals surface area contributed by atoms with E-state index in [0.717, 1.165) is 0 Å². The lowest BCUT2D eigenvalue weighted by atomic mass is 10.3. The van der Waals surface area contributed by atoms with E-state index in [1.807, 2.05) is 0 Å². The zero-order valence-electron chi connectivity index (χ0n) is 6.42. The molecule has 0 aliphatic rings. The van der Waals surface area contributed by atoms with Crippen LogP contribution in [-0.2, 0) is 4.79 Å². The monoisotopic (exact) mass is 153 g/mol. The molecule has 2 N–H and O–H groups in total. The quantitative estimate of drug-likeness (QED) is 0.345. The van der Waals surface area contributed by atoms with Crippen LogP contribution in [0.1, 0.15) is 6.92 Å². The summed E-state index contributed by atoms with van der Waals surface area (Å²) < 4.78 is 0. The van der Waals surface area contributed by atoms with Crippen LogP contribution in [0.25, 0.3) is 0 Å². The molecule has 0 aromatic rings. The molecule has 11 heavy (non-hydrogen) atoms. The van der Waals surface area contributed by atoms with E-state index in [1.54, 1.807) is 13.0 Å². The van der Waals surface area contributed by atoms with E-state index in [4.69, 9.17) is 11.5 Å². The van der Waals surface area contributed by atoms with Gasteiger partial charge < -0.3 is 10.4 Å². The van der Waals surface area contributed by atoms with Crippen molar-refractivity contribution in [2.24, 2.45) is 0 Å². The van der Waals surface area contributed by atoms with Gasteiger partial charge in [-0.1, -0.05) is 12.0 Å². The first kappa shape index (κ1) is 9.73. The normalized spacial score (nSPS) is 10.7. The molecule has 0 spiro atoms. The van der Waals surface area contributed by atoms with Gasteiger partial charge in [-0.15, -0.1) is 6.42 Å². The lowest BCUT2D eigenvalue weighted by Crippen LogP contribution is -2.14. The number of nitrogens with one attached hydrogen (secondary N) is 1. The number of hydrogen-bond acceptors (Lipinski definition) is 2. The molecule has 0 aliphatic heterocycles. The molecule has 0 amide bonds. The summed E-state index contributed by atoms with van der Waals surface area (Å²) in [6.45, 7) is 2.51. The van der Waals surface area contributed by atoms with Gasteiger partial charge in [0.25, 0.3) is 0 Å². The summed E-state index contributed by atoms with van der Waals surface area (Å²) in [4.78, 5) is 10.2. The van der Waals surface area contributed by atoms with Crippen molar-refractivity contribution in [1.29, 1.82) is 0 Å². The predicted molar refractivity (Wildman–Crippen MR) is 43.1 cm³/mol. The minimum absolute atomic E-state index is 0.328. The molecule has 0 bridgehead atoms. The van der Waals surface area contributed by atoms with E-state index in [2.05, 4.69) is 11.2 Å². The zero-order valence-corrected chi connectivity index (χ0v) is 6.42. The second kappa shape index (κ2) is 5.51. The van der Waals surface area contributed by atoms with E-state index >= 15 is 0 Å². The molecule has 0 aromatic heterocycles. The Morgan fingerprint density at radius 1 is 1.82 bits per heavy atom. The number of carbonyl (C=O) groups is 1. The molecular weight excluding hydrogens is 142 g/mol. The van der Waals surface area contributed by atoms with Crippen LogP contribution < -0.4 is 5.32 Å². The summed E-state index contributed by atoms with van der Waals surface area (Å²) in [5.74, 6) is 1.49. The summed E-state index contributed by atoms with van der Waals surface area (Å²) in [6.07, 6.45) is 6.54. The van der Waals surface area contributed by atoms with Crippen molar-refractivity contribution in [3.05, 3.63) is 11.6 Å². The maximum Gasteiger partial charge on any atom is 0.330 e. The van der Waals surface area contributed by atoms with Gasteiger partial charge in [0.15, 0.2) is 0 Å². The highest BCUT2D eigenvalue weighted by Crippen LogP contribution is 1.88. The van der Waals surface area contributed by atoms with Crippen LogP contribution in [-0.4, -0.2) is 24.2 Å². The maximum atomic E-state index is 10.2. The summed E-state index contributed by atoms with van der Waals surface area (Å²) in [5, 5.41) is 11.2. The van der Waals surface area contributed by atoms with Crippen LogP contribution in [0.2, 0.25) is 0 Å². The lowest BCUT2D eigenvalue weighted by Gasteiger charge is -1.94. The number of aliphatic carboxylic acids is 1. The van der Waals surface area contributed by atoms with Crippen molar-refractivity contribution in [3.63, 3.8) is 0 Å². The second-order valence-corrected chi connectivity index (χ2v) is 2.03. The van der Waals surface area contributed by atoms with Gasteiger partial charge in [-0.25, -0.2) is 4.79 Å². The van der Waals surface area contributed by atoms with Gasteiger partial charge in [0.05, 0.1) is 6.54 Å². The first-order valence-electron chi connectivity index (χ1n) is 3.22. The predicted octanol–water partition coefficient (Wildman–Crippen LogP) is 0.240. The van der Waals surface area contributed by atoms with Crippen LogP contribution in [0.15, 0.2) is 11.6 Å². The molecule has 0 unspecified atom stereocenters. The Balaban J connectivity index is 3.59. The van der Waals surface area contributed by atoms with Gasteiger partial charge >= 0.3 is 5.97 Å². The Morgan fingerprint density at radius 2 is 2.45 bits per heavy atom. The fourth-order valence-electron chi connectivity index (χ4n) is 0.457. The molecule has 0 rings (SSSR count). The number of rotatable bonds is 4. The summed E-state index contributed by atoms with van der Waals surface area (Å²) in [7, 11) is 0. The molecule has 0 saturated carbocycles. The molecule has 0 aromatic carbocycles. The smallest absolute Gasteiger partial charge is 0.330 e. The molecule has 0 heterocycles. The van der Waals surface area contributed by atoms with E-state index in [-0.39, 0.29) is 0 Å². The van der Waals surface area contributed by atoms with Gasteiger partial charge in [-0.05, 0) is 6.92 Å². The minimum Gasteiger partial charge on any atom is -0.478 e. The summed E-state index contributed by atoms with van der Waals surface area (Å²) in [6, 6.07) is 0. The largest absolute Gasteiger partial charge is 0.478 e. The summed E-state index contributed by atoms with van der Waals surface area (Å²) in [5.41, 5.74) is 0.328. The topological polar surface area (TPSA) is 49.3 Å². The van der Waals surface area contributed by atoms with Crippen molar-refractivity contribution in [3.8, 4) is 12.3 Å². The number of terminal acetylenes is 1. The van der Waals surface area contributed by atoms with Crippen molar-refractivity contribution in [2.75, 3.05) is 13.1 Å². The Hall–Kier alpha value is -1.27. The highest BCUT2D eigenvalue weighted by Gasteiger charge is 1.96. The third-order valence-electron chi connectivity index (χ3n) is 1.12. The van der Waals surface area contributed by atoms with E-state index in [9.17, 15) is 4.79 Å². The highest BCUT2D eigenvalue weighted by molar-refractivity contribution is 5.85. The van der Waals surface area contributed by atoms with Crippen LogP contribution in [0.4, 0.5) is 0 Å². The van der Waals surface area contributed by atoms with Gasteiger partial charge in [-0.3, -0.25) is 0 Å². The van der Waals surface area contributed by atoms with Crippen molar-refractivity contribution < 1.29 is 9.90 Å². The Morgan fingerprint density at radius 3 is 2.91 bits per heavy atom.